The van der Waals surface area contributed by atoms with Crippen LogP contribution < -0.4 is 0 Å². The van der Waals surface area contributed by atoms with Gasteiger partial charge in [-0.25, -0.2) is 4.68 Å². The van der Waals surface area contributed by atoms with Crippen molar-refractivity contribution in [3.63, 3.8) is 0 Å². The Morgan fingerprint density at radius 3 is 2.95 bits per heavy atom. The first-order valence-corrected chi connectivity index (χ1v) is 6.17. The molecule has 0 saturated heterocycles. The summed E-state index contributed by atoms with van der Waals surface area (Å²) in [5.74, 6) is -1.15. The fraction of sp³-hybridized carbons (Fsp3) is 0.100. The number of rotatable bonds is 5. The smallest absolute Gasteiger partial charge is 0.325 e. The molecule has 0 aliphatic heterocycles. The van der Waals surface area contributed by atoms with Gasteiger partial charge in [0.15, 0.2) is 0 Å². The SMILES string of the molecule is N#Cc1ccc([N+](=O)[O-])c(Sc2nnnn2CC(=O)O)c1. The quantitative estimate of drug-likeness (QED) is 0.621. The van der Waals surface area contributed by atoms with E-state index in [0.717, 1.165) is 16.4 Å². The molecule has 10 nitrogen and oxygen atoms in total. The molecule has 0 saturated carbocycles. The Kier molecular flexibility index (Phi) is 4.10. The lowest BCUT2D eigenvalue weighted by Gasteiger charge is -2.03. The zero-order valence-electron chi connectivity index (χ0n) is 10.2. The van der Waals surface area contributed by atoms with E-state index in [1.165, 1.54) is 18.2 Å². The van der Waals surface area contributed by atoms with Gasteiger partial charge in [-0.1, -0.05) is 0 Å². The van der Waals surface area contributed by atoms with Crippen molar-refractivity contribution in [3.05, 3.63) is 33.9 Å². The van der Waals surface area contributed by atoms with Gasteiger partial charge in [0.2, 0.25) is 5.16 Å². The average Bonchev–Trinajstić information content (AvgIpc) is 2.84. The van der Waals surface area contributed by atoms with Gasteiger partial charge in [0.05, 0.1) is 21.5 Å². The maximum absolute atomic E-state index is 11.0. The zero-order valence-corrected chi connectivity index (χ0v) is 11.0. The average molecular weight is 306 g/mol. The third-order valence-corrected chi connectivity index (χ3v) is 3.29. The predicted molar refractivity (Wildman–Crippen MR) is 67.4 cm³/mol. The van der Waals surface area contributed by atoms with E-state index in [9.17, 15) is 14.9 Å². The van der Waals surface area contributed by atoms with E-state index in [-0.39, 0.29) is 21.3 Å². The summed E-state index contributed by atoms with van der Waals surface area (Å²) in [6.07, 6.45) is 0. The Hall–Kier alpha value is -3.00. The number of carbonyl (C=O) groups is 1. The second-order valence-electron chi connectivity index (χ2n) is 3.67. The van der Waals surface area contributed by atoms with Gasteiger partial charge < -0.3 is 5.11 Å². The lowest BCUT2D eigenvalue weighted by Crippen LogP contribution is -2.11. The molecule has 21 heavy (non-hydrogen) atoms. The van der Waals surface area contributed by atoms with Crippen LogP contribution >= 0.6 is 11.8 Å². The van der Waals surface area contributed by atoms with Crippen LogP contribution in [0, 0.1) is 21.4 Å². The van der Waals surface area contributed by atoms with Gasteiger partial charge >= 0.3 is 5.97 Å². The molecule has 0 bridgehead atoms. The first-order valence-electron chi connectivity index (χ1n) is 5.35. The summed E-state index contributed by atoms with van der Waals surface area (Å²) in [5, 5.41) is 39.0. The number of carboxylic acids is 1. The number of nitro groups is 1. The summed E-state index contributed by atoms with van der Waals surface area (Å²) >= 11 is 0.818. The van der Waals surface area contributed by atoms with Crippen molar-refractivity contribution in [1.29, 1.82) is 5.26 Å². The van der Waals surface area contributed by atoms with E-state index in [0.29, 0.717) is 0 Å². The first kappa shape index (κ1) is 14.4. The Balaban J connectivity index is 2.39. The van der Waals surface area contributed by atoms with Crippen LogP contribution in [0.4, 0.5) is 5.69 Å². The lowest BCUT2D eigenvalue weighted by molar-refractivity contribution is -0.387. The van der Waals surface area contributed by atoms with Crippen molar-refractivity contribution in [2.24, 2.45) is 0 Å². The summed E-state index contributed by atoms with van der Waals surface area (Å²) in [7, 11) is 0. The van der Waals surface area contributed by atoms with E-state index in [2.05, 4.69) is 15.5 Å². The molecule has 0 fully saturated rings. The molecule has 2 aromatic rings. The maximum Gasteiger partial charge on any atom is 0.325 e. The molecular weight excluding hydrogens is 300 g/mol. The Bertz CT molecular complexity index is 752. The third kappa shape index (κ3) is 3.31. The molecule has 1 N–H and O–H groups in total. The van der Waals surface area contributed by atoms with Gasteiger partial charge in [-0.05, 0) is 34.3 Å². The Labute approximate surface area is 121 Å². The van der Waals surface area contributed by atoms with Gasteiger partial charge in [-0.2, -0.15) is 5.26 Å². The van der Waals surface area contributed by atoms with E-state index in [4.69, 9.17) is 10.4 Å². The van der Waals surface area contributed by atoms with Gasteiger partial charge in [0.1, 0.15) is 6.54 Å². The van der Waals surface area contributed by atoms with Crippen LogP contribution in [0.1, 0.15) is 5.56 Å². The summed E-state index contributed by atoms with van der Waals surface area (Å²) in [5.41, 5.74) is 0.0178. The number of hydrogen-bond acceptors (Lipinski definition) is 8. The first-order chi connectivity index (χ1) is 10.0. The molecule has 106 valence electrons. The molecule has 0 aliphatic rings. The van der Waals surface area contributed by atoms with Gasteiger partial charge in [0, 0.05) is 6.07 Å². The monoisotopic (exact) mass is 306 g/mol. The fourth-order valence-corrected chi connectivity index (χ4v) is 2.33. The van der Waals surface area contributed by atoms with Crippen LogP contribution in [0.3, 0.4) is 0 Å². The highest BCUT2D eigenvalue weighted by Crippen LogP contribution is 2.34. The van der Waals surface area contributed by atoms with Crippen LogP contribution in [0.25, 0.3) is 0 Å². The minimum absolute atomic E-state index is 0.0792. The topological polar surface area (TPSA) is 148 Å². The number of nitrogens with zero attached hydrogens (tertiary/aromatic N) is 6. The van der Waals surface area contributed by atoms with Crippen molar-refractivity contribution < 1.29 is 14.8 Å². The van der Waals surface area contributed by atoms with Crippen LogP contribution in [-0.2, 0) is 11.3 Å². The molecule has 0 radical (unpaired) electrons. The third-order valence-electron chi connectivity index (χ3n) is 2.27. The molecule has 1 aromatic carbocycles. The summed E-state index contributed by atoms with van der Waals surface area (Å²) in [6.45, 7) is -0.471. The molecule has 11 heteroatoms. The van der Waals surface area contributed by atoms with Gasteiger partial charge in [0.25, 0.3) is 5.69 Å². The molecule has 0 atom stereocenters. The molecule has 0 spiro atoms. The highest BCUT2D eigenvalue weighted by Gasteiger charge is 2.19. The van der Waals surface area contributed by atoms with Crippen molar-refractivity contribution in [3.8, 4) is 6.07 Å². The number of nitriles is 1. The standard InChI is InChI=1S/C10H6N6O4S/c11-4-6-1-2-7(16(19)20)8(3-6)21-10-12-13-14-15(10)5-9(17)18/h1-3H,5H2,(H,17,18). The number of carboxylic acid groups (broad SMARTS) is 1. The molecule has 0 aliphatic carbocycles. The number of nitro benzene ring substituents is 1. The van der Waals surface area contributed by atoms with E-state index >= 15 is 0 Å². The van der Waals surface area contributed by atoms with Crippen molar-refractivity contribution in [1.82, 2.24) is 20.2 Å². The molecular formula is C10H6N6O4S. The largest absolute Gasteiger partial charge is 0.480 e. The number of aliphatic carboxylic acids is 1. The molecule has 0 unspecified atom stereocenters. The van der Waals surface area contributed by atoms with E-state index in [1.54, 1.807) is 0 Å². The minimum atomic E-state index is -1.15. The molecule has 2 rings (SSSR count). The minimum Gasteiger partial charge on any atom is -0.480 e. The van der Waals surface area contributed by atoms with Crippen LogP contribution in [-0.4, -0.2) is 36.2 Å². The number of aromatic nitrogens is 4. The lowest BCUT2D eigenvalue weighted by atomic mass is 10.2. The number of hydrogen-bond donors (Lipinski definition) is 1. The van der Waals surface area contributed by atoms with Crippen molar-refractivity contribution >= 4 is 23.4 Å². The highest BCUT2D eigenvalue weighted by atomic mass is 32.2. The summed E-state index contributed by atoms with van der Waals surface area (Å²) in [6, 6.07) is 5.72. The molecule has 1 heterocycles. The summed E-state index contributed by atoms with van der Waals surface area (Å²) in [4.78, 5) is 21.2. The summed E-state index contributed by atoms with van der Waals surface area (Å²) < 4.78 is 0.996. The molecule has 1 aromatic heterocycles. The van der Waals surface area contributed by atoms with Crippen LogP contribution in [0.15, 0.2) is 28.3 Å². The van der Waals surface area contributed by atoms with Crippen molar-refractivity contribution in [2.45, 2.75) is 16.6 Å². The van der Waals surface area contributed by atoms with E-state index in [1.807, 2.05) is 6.07 Å². The molecule has 0 amide bonds. The van der Waals surface area contributed by atoms with Crippen LogP contribution in [0.5, 0.6) is 0 Å². The second-order valence-corrected chi connectivity index (χ2v) is 4.68. The predicted octanol–water partition coefficient (Wildman–Crippen LogP) is 0.689. The number of benzene rings is 1. The zero-order chi connectivity index (χ0) is 15.4. The van der Waals surface area contributed by atoms with Crippen molar-refractivity contribution in [2.75, 3.05) is 0 Å². The van der Waals surface area contributed by atoms with Gasteiger partial charge in [-0.3, -0.25) is 14.9 Å². The second kappa shape index (κ2) is 5.97. The normalized spacial score (nSPS) is 10.0. The van der Waals surface area contributed by atoms with Crippen LogP contribution in [0.2, 0.25) is 0 Å². The Morgan fingerprint density at radius 2 is 2.33 bits per heavy atom. The number of tetrazole rings is 1. The van der Waals surface area contributed by atoms with E-state index < -0.39 is 17.4 Å². The highest BCUT2D eigenvalue weighted by molar-refractivity contribution is 7.99. The fourth-order valence-electron chi connectivity index (χ4n) is 1.41. The Morgan fingerprint density at radius 1 is 1.57 bits per heavy atom. The maximum atomic E-state index is 11.0. The van der Waals surface area contributed by atoms with Gasteiger partial charge in [-0.15, -0.1) is 5.10 Å².